The molecule has 0 unspecified atom stereocenters. The van der Waals surface area contributed by atoms with E-state index in [1.54, 1.807) is 11.3 Å². The van der Waals surface area contributed by atoms with Crippen LogP contribution >= 0.6 is 11.3 Å². The van der Waals surface area contributed by atoms with Crippen LogP contribution < -0.4 is 5.19 Å². The first-order valence-corrected chi connectivity index (χ1v) is 10.2. The molecule has 2 aromatic rings. The molecule has 3 heteroatoms. The van der Waals surface area contributed by atoms with E-state index in [-0.39, 0.29) is 0 Å². The topological polar surface area (TPSA) is 20.2 Å². The van der Waals surface area contributed by atoms with Gasteiger partial charge >= 0.3 is 0 Å². The number of thiophene rings is 1. The molecule has 1 aromatic carbocycles. The van der Waals surface area contributed by atoms with Gasteiger partial charge in [0.05, 0.1) is 6.10 Å². The first-order chi connectivity index (χ1) is 9.09. The van der Waals surface area contributed by atoms with Gasteiger partial charge in [0.25, 0.3) is 0 Å². The molecule has 0 radical (unpaired) electrons. The largest absolute Gasteiger partial charge is 0.387 e. The fraction of sp³-hybridized carbons (Fsp3) is 0.250. The minimum absolute atomic E-state index is 0.451. The van der Waals surface area contributed by atoms with Gasteiger partial charge in [-0.25, -0.2) is 0 Å². The molecular weight excluding hydrogens is 268 g/mol. The third kappa shape index (κ3) is 3.81. The van der Waals surface area contributed by atoms with Crippen molar-refractivity contribution in [1.82, 2.24) is 0 Å². The highest BCUT2D eigenvalue weighted by Gasteiger charge is 2.20. The highest BCUT2D eigenvalue weighted by Crippen LogP contribution is 2.20. The zero-order valence-corrected chi connectivity index (χ0v) is 13.1. The molecule has 2 rings (SSSR count). The second-order valence-corrected chi connectivity index (χ2v) is 10.1. The molecule has 0 spiro atoms. The number of benzene rings is 1. The number of hydrogen-bond donors (Lipinski definition) is 1. The van der Waals surface area contributed by atoms with Gasteiger partial charge in [-0.1, -0.05) is 49.5 Å². The predicted molar refractivity (Wildman–Crippen MR) is 85.2 cm³/mol. The third-order valence-electron chi connectivity index (χ3n) is 3.06. The molecule has 1 heterocycles. The lowest BCUT2D eigenvalue weighted by molar-refractivity contribution is 0.188. The van der Waals surface area contributed by atoms with E-state index in [9.17, 15) is 5.11 Å². The van der Waals surface area contributed by atoms with Crippen molar-refractivity contribution in [3.05, 3.63) is 52.7 Å². The van der Waals surface area contributed by atoms with Crippen molar-refractivity contribution in [2.45, 2.75) is 25.6 Å². The van der Waals surface area contributed by atoms with Crippen LogP contribution in [0.4, 0.5) is 0 Å². The standard InChI is InChI=1S/C16H18OSSi/c1-19(2,14-8-4-3-5-9-14)13-7-10-15(17)16-11-6-12-18-16/h3-6,8-9,11-12,15,17H,10H2,1-2H3/t15-/m1/s1. The summed E-state index contributed by atoms with van der Waals surface area (Å²) in [4.78, 5) is 0.994. The molecule has 19 heavy (non-hydrogen) atoms. The molecule has 1 atom stereocenters. The lowest BCUT2D eigenvalue weighted by Crippen LogP contribution is -2.39. The zero-order chi connectivity index (χ0) is 13.7. The van der Waals surface area contributed by atoms with Crippen molar-refractivity contribution in [1.29, 1.82) is 0 Å². The number of aliphatic hydroxyl groups excluding tert-OH is 1. The second kappa shape index (κ2) is 6.20. The second-order valence-electron chi connectivity index (χ2n) is 5.03. The van der Waals surface area contributed by atoms with Crippen LogP contribution in [0.15, 0.2) is 47.8 Å². The Kier molecular flexibility index (Phi) is 4.59. The number of aliphatic hydroxyl groups is 1. The average molecular weight is 286 g/mol. The monoisotopic (exact) mass is 286 g/mol. The molecule has 1 aromatic heterocycles. The van der Waals surface area contributed by atoms with Crippen molar-refractivity contribution in [3.8, 4) is 11.5 Å². The van der Waals surface area contributed by atoms with Crippen molar-refractivity contribution in [2.75, 3.05) is 0 Å². The van der Waals surface area contributed by atoms with Crippen LogP contribution in [0.2, 0.25) is 13.1 Å². The van der Waals surface area contributed by atoms with Crippen LogP contribution in [0.3, 0.4) is 0 Å². The van der Waals surface area contributed by atoms with Crippen LogP contribution in [0.25, 0.3) is 0 Å². The lowest BCUT2D eigenvalue weighted by atomic mass is 10.2. The summed E-state index contributed by atoms with van der Waals surface area (Å²) < 4.78 is 0. The molecule has 1 nitrogen and oxygen atoms in total. The summed E-state index contributed by atoms with van der Waals surface area (Å²) in [6.07, 6.45) is 0.0668. The van der Waals surface area contributed by atoms with Crippen molar-refractivity contribution >= 4 is 24.6 Å². The smallest absolute Gasteiger partial charge is 0.162 e. The maximum Gasteiger partial charge on any atom is 0.162 e. The molecule has 98 valence electrons. The summed E-state index contributed by atoms with van der Waals surface area (Å²) in [5, 5.41) is 13.3. The highest BCUT2D eigenvalue weighted by molar-refractivity contribution is 7.10. The Bertz CT molecular complexity index is 564. The first-order valence-electron chi connectivity index (χ1n) is 6.36. The summed E-state index contributed by atoms with van der Waals surface area (Å²) in [7, 11) is -1.70. The van der Waals surface area contributed by atoms with E-state index in [0.717, 1.165) is 4.88 Å². The average Bonchev–Trinajstić information content (AvgIpc) is 2.93. The minimum Gasteiger partial charge on any atom is -0.387 e. The molecule has 0 fully saturated rings. The van der Waals surface area contributed by atoms with Crippen molar-refractivity contribution in [3.63, 3.8) is 0 Å². The molecule has 0 aliphatic carbocycles. The normalized spacial score (nSPS) is 12.6. The van der Waals surface area contributed by atoms with E-state index in [0.29, 0.717) is 6.42 Å². The molecule has 1 N–H and O–H groups in total. The molecule has 0 amide bonds. The summed E-state index contributed by atoms with van der Waals surface area (Å²) in [5.41, 5.74) is 3.40. The summed E-state index contributed by atoms with van der Waals surface area (Å²) in [6.45, 7) is 4.49. The Labute approximate surface area is 119 Å². The molecule has 0 bridgehead atoms. The Hall–Kier alpha value is -1.34. The predicted octanol–water partition coefficient (Wildman–Crippen LogP) is 3.33. The van der Waals surface area contributed by atoms with Gasteiger partial charge in [-0.3, -0.25) is 0 Å². The van der Waals surface area contributed by atoms with Gasteiger partial charge in [-0.05, 0) is 16.6 Å². The van der Waals surface area contributed by atoms with E-state index in [1.165, 1.54) is 5.19 Å². The Balaban J connectivity index is 2.03. The molecule has 0 saturated heterocycles. The van der Waals surface area contributed by atoms with E-state index in [4.69, 9.17) is 0 Å². The maximum atomic E-state index is 10.0. The molecule has 0 aliphatic heterocycles. The van der Waals surface area contributed by atoms with Crippen LogP contribution in [0, 0.1) is 11.5 Å². The third-order valence-corrected chi connectivity index (χ3v) is 6.62. The van der Waals surface area contributed by atoms with Gasteiger partial charge in [0.1, 0.15) is 0 Å². The Morgan fingerprint density at radius 3 is 2.53 bits per heavy atom. The first kappa shape index (κ1) is 14.1. The Morgan fingerprint density at radius 2 is 1.89 bits per heavy atom. The van der Waals surface area contributed by atoms with Gasteiger partial charge in [-0.2, -0.15) is 0 Å². The van der Waals surface area contributed by atoms with Crippen LogP contribution in [-0.4, -0.2) is 13.2 Å². The van der Waals surface area contributed by atoms with E-state index in [1.807, 2.05) is 23.6 Å². The quantitative estimate of drug-likeness (QED) is 0.678. The van der Waals surface area contributed by atoms with Gasteiger partial charge in [-0.15, -0.1) is 22.8 Å². The molecule has 0 aliphatic rings. The van der Waals surface area contributed by atoms with Gasteiger partial charge in [0.15, 0.2) is 8.07 Å². The fourth-order valence-electron chi connectivity index (χ4n) is 1.88. The fourth-order valence-corrected chi connectivity index (χ4v) is 4.30. The van der Waals surface area contributed by atoms with E-state index < -0.39 is 14.2 Å². The van der Waals surface area contributed by atoms with Gasteiger partial charge < -0.3 is 5.11 Å². The zero-order valence-electron chi connectivity index (χ0n) is 11.3. The van der Waals surface area contributed by atoms with Crippen molar-refractivity contribution in [2.24, 2.45) is 0 Å². The van der Waals surface area contributed by atoms with E-state index >= 15 is 0 Å². The maximum absolute atomic E-state index is 10.0. The minimum atomic E-state index is -1.70. The van der Waals surface area contributed by atoms with Gasteiger partial charge in [0.2, 0.25) is 0 Å². The Morgan fingerprint density at radius 1 is 1.16 bits per heavy atom. The van der Waals surface area contributed by atoms with Crippen LogP contribution in [-0.2, 0) is 0 Å². The highest BCUT2D eigenvalue weighted by atomic mass is 32.1. The molecule has 0 saturated carbocycles. The van der Waals surface area contributed by atoms with Crippen molar-refractivity contribution < 1.29 is 5.11 Å². The van der Waals surface area contributed by atoms with Crippen LogP contribution in [0.1, 0.15) is 17.4 Å². The molecular formula is C16H18OSSi. The summed E-state index contributed by atoms with van der Waals surface area (Å²) in [6, 6.07) is 14.4. The van der Waals surface area contributed by atoms with Gasteiger partial charge in [0, 0.05) is 11.3 Å². The number of rotatable bonds is 3. The lowest BCUT2D eigenvalue weighted by Gasteiger charge is -2.15. The summed E-state index contributed by atoms with van der Waals surface area (Å²) in [5.74, 6) is 3.18. The SMILES string of the molecule is C[Si](C)(C#CC[C@@H](O)c1cccs1)c1ccccc1. The number of hydrogen-bond acceptors (Lipinski definition) is 2. The van der Waals surface area contributed by atoms with Crippen LogP contribution in [0.5, 0.6) is 0 Å². The van der Waals surface area contributed by atoms with E-state index in [2.05, 4.69) is 48.8 Å². The summed E-state index contributed by atoms with van der Waals surface area (Å²) >= 11 is 1.58.